The Balaban J connectivity index is 2.60. The summed E-state index contributed by atoms with van der Waals surface area (Å²) < 4.78 is 0. The van der Waals surface area contributed by atoms with Crippen LogP contribution in [0.5, 0.6) is 0 Å². The summed E-state index contributed by atoms with van der Waals surface area (Å²) in [5.41, 5.74) is 0. The summed E-state index contributed by atoms with van der Waals surface area (Å²) in [5.74, 6) is 2.83. The Morgan fingerprint density at radius 2 is 1.69 bits per heavy atom. The summed E-state index contributed by atoms with van der Waals surface area (Å²) in [6.07, 6.45) is 3.77. The molecule has 1 fully saturated rings. The monoisotopic (exact) mass is 184 g/mol. The van der Waals surface area contributed by atoms with E-state index in [1.807, 2.05) is 6.92 Å². The van der Waals surface area contributed by atoms with Crippen LogP contribution in [0.1, 0.15) is 47.0 Å². The van der Waals surface area contributed by atoms with Crippen LogP contribution in [-0.2, 0) is 0 Å². The van der Waals surface area contributed by atoms with Gasteiger partial charge < -0.3 is 5.11 Å². The van der Waals surface area contributed by atoms with Gasteiger partial charge in [-0.05, 0) is 43.4 Å². The summed E-state index contributed by atoms with van der Waals surface area (Å²) >= 11 is 0. The molecule has 0 aliphatic heterocycles. The molecular weight excluding hydrogens is 160 g/mol. The molecule has 1 nitrogen and oxygen atoms in total. The fraction of sp³-hybridized carbons (Fsp3) is 1.00. The smallest absolute Gasteiger partial charge is 0.0543 e. The zero-order chi connectivity index (χ0) is 10.0. The molecule has 1 saturated carbocycles. The molecule has 0 heterocycles. The molecule has 1 aliphatic rings. The average Bonchev–Trinajstić information content (AvgIpc) is 2.03. The first kappa shape index (κ1) is 11.0. The van der Waals surface area contributed by atoms with Crippen molar-refractivity contribution in [2.45, 2.75) is 53.1 Å². The Labute approximate surface area is 82.5 Å². The second kappa shape index (κ2) is 4.45. The summed E-state index contributed by atoms with van der Waals surface area (Å²) in [6.45, 7) is 8.84. The van der Waals surface area contributed by atoms with E-state index in [1.54, 1.807) is 0 Å². The van der Waals surface area contributed by atoms with Crippen LogP contribution >= 0.6 is 0 Å². The van der Waals surface area contributed by atoms with Gasteiger partial charge in [0, 0.05) is 0 Å². The molecule has 0 spiro atoms. The minimum Gasteiger partial charge on any atom is -0.393 e. The predicted octanol–water partition coefficient (Wildman–Crippen LogP) is 3.08. The summed E-state index contributed by atoms with van der Waals surface area (Å²) in [6, 6.07) is 0. The zero-order valence-corrected chi connectivity index (χ0v) is 9.46. The minimum atomic E-state index is -0.116. The first-order valence-electron chi connectivity index (χ1n) is 5.70. The molecule has 0 saturated heterocycles. The van der Waals surface area contributed by atoms with Crippen molar-refractivity contribution in [3.8, 4) is 0 Å². The van der Waals surface area contributed by atoms with Crippen LogP contribution in [0, 0.1) is 23.7 Å². The van der Waals surface area contributed by atoms with Crippen molar-refractivity contribution >= 4 is 0 Å². The molecule has 0 aromatic rings. The van der Waals surface area contributed by atoms with Gasteiger partial charge in [-0.15, -0.1) is 0 Å². The van der Waals surface area contributed by atoms with Gasteiger partial charge in [-0.3, -0.25) is 0 Å². The van der Waals surface area contributed by atoms with Crippen LogP contribution in [0.15, 0.2) is 0 Å². The Morgan fingerprint density at radius 1 is 1.08 bits per heavy atom. The van der Waals surface area contributed by atoms with Gasteiger partial charge in [0.25, 0.3) is 0 Å². The average molecular weight is 184 g/mol. The SMILES string of the molecule is CC(C)[C@@H]1CC[C@@H](C)C[C@H]1[C@H](C)O. The van der Waals surface area contributed by atoms with Crippen molar-refractivity contribution in [2.24, 2.45) is 23.7 Å². The number of hydrogen-bond acceptors (Lipinski definition) is 1. The molecule has 1 N–H and O–H groups in total. The van der Waals surface area contributed by atoms with Gasteiger partial charge in [0.15, 0.2) is 0 Å². The van der Waals surface area contributed by atoms with E-state index in [2.05, 4.69) is 20.8 Å². The summed E-state index contributed by atoms with van der Waals surface area (Å²) in [5, 5.41) is 9.71. The second-order valence-electron chi connectivity index (χ2n) is 5.23. The molecule has 78 valence electrons. The second-order valence-corrected chi connectivity index (χ2v) is 5.23. The Kier molecular flexibility index (Phi) is 3.78. The lowest BCUT2D eigenvalue weighted by Gasteiger charge is -2.39. The highest BCUT2D eigenvalue weighted by atomic mass is 16.3. The van der Waals surface area contributed by atoms with Crippen molar-refractivity contribution in [3.05, 3.63) is 0 Å². The molecule has 0 bridgehead atoms. The van der Waals surface area contributed by atoms with Crippen molar-refractivity contribution < 1.29 is 5.11 Å². The van der Waals surface area contributed by atoms with Gasteiger partial charge in [-0.2, -0.15) is 0 Å². The summed E-state index contributed by atoms with van der Waals surface area (Å²) in [7, 11) is 0. The molecule has 4 atom stereocenters. The van der Waals surface area contributed by atoms with E-state index in [9.17, 15) is 5.11 Å². The lowest BCUT2D eigenvalue weighted by atomic mass is 9.68. The largest absolute Gasteiger partial charge is 0.393 e. The number of hydrogen-bond donors (Lipinski definition) is 1. The Morgan fingerprint density at radius 3 is 2.15 bits per heavy atom. The first-order chi connectivity index (χ1) is 6.02. The number of rotatable bonds is 2. The van der Waals surface area contributed by atoms with Crippen molar-refractivity contribution in [3.63, 3.8) is 0 Å². The minimum absolute atomic E-state index is 0.116. The van der Waals surface area contributed by atoms with Crippen LogP contribution in [0.25, 0.3) is 0 Å². The quantitative estimate of drug-likeness (QED) is 0.699. The van der Waals surface area contributed by atoms with Gasteiger partial charge in [0.05, 0.1) is 6.10 Å². The van der Waals surface area contributed by atoms with Crippen LogP contribution in [-0.4, -0.2) is 11.2 Å². The third-order valence-electron chi connectivity index (χ3n) is 3.69. The maximum atomic E-state index is 9.71. The molecule has 0 unspecified atom stereocenters. The molecule has 0 amide bonds. The predicted molar refractivity (Wildman–Crippen MR) is 56.5 cm³/mol. The zero-order valence-electron chi connectivity index (χ0n) is 9.46. The van der Waals surface area contributed by atoms with Crippen molar-refractivity contribution in [1.82, 2.24) is 0 Å². The molecule has 13 heavy (non-hydrogen) atoms. The highest BCUT2D eigenvalue weighted by Gasteiger charge is 2.33. The van der Waals surface area contributed by atoms with Gasteiger partial charge >= 0.3 is 0 Å². The van der Waals surface area contributed by atoms with Crippen molar-refractivity contribution in [2.75, 3.05) is 0 Å². The van der Waals surface area contributed by atoms with Gasteiger partial charge in [0.1, 0.15) is 0 Å². The first-order valence-corrected chi connectivity index (χ1v) is 5.70. The Bertz CT molecular complexity index is 151. The van der Waals surface area contributed by atoms with Gasteiger partial charge in [0.2, 0.25) is 0 Å². The molecule has 0 radical (unpaired) electrons. The molecule has 1 aliphatic carbocycles. The van der Waals surface area contributed by atoms with Crippen molar-refractivity contribution in [1.29, 1.82) is 0 Å². The maximum absolute atomic E-state index is 9.71. The lowest BCUT2D eigenvalue weighted by Crippen LogP contribution is -2.34. The van der Waals surface area contributed by atoms with E-state index in [0.717, 1.165) is 17.8 Å². The van der Waals surface area contributed by atoms with E-state index < -0.39 is 0 Å². The molecule has 1 heteroatoms. The normalized spacial score (nSPS) is 37.8. The van der Waals surface area contributed by atoms with E-state index in [0.29, 0.717) is 5.92 Å². The maximum Gasteiger partial charge on any atom is 0.0543 e. The summed E-state index contributed by atoms with van der Waals surface area (Å²) in [4.78, 5) is 0. The van der Waals surface area contributed by atoms with E-state index >= 15 is 0 Å². The van der Waals surface area contributed by atoms with E-state index in [4.69, 9.17) is 0 Å². The number of aliphatic hydroxyl groups is 1. The van der Waals surface area contributed by atoms with Crippen LogP contribution < -0.4 is 0 Å². The fourth-order valence-electron chi connectivity index (χ4n) is 2.83. The molecule has 0 aromatic heterocycles. The highest BCUT2D eigenvalue weighted by Crippen LogP contribution is 2.39. The lowest BCUT2D eigenvalue weighted by molar-refractivity contribution is 0.0268. The highest BCUT2D eigenvalue weighted by molar-refractivity contribution is 4.83. The van der Waals surface area contributed by atoms with Crippen LogP contribution in [0.2, 0.25) is 0 Å². The topological polar surface area (TPSA) is 20.2 Å². The van der Waals surface area contributed by atoms with Crippen LogP contribution in [0.3, 0.4) is 0 Å². The molecule has 1 rings (SSSR count). The number of aliphatic hydroxyl groups excluding tert-OH is 1. The van der Waals surface area contributed by atoms with Crippen LogP contribution in [0.4, 0.5) is 0 Å². The van der Waals surface area contributed by atoms with E-state index in [-0.39, 0.29) is 6.10 Å². The fourth-order valence-corrected chi connectivity index (χ4v) is 2.83. The molecular formula is C12H24O. The van der Waals surface area contributed by atoms with E-state index in [1.165, 1.54) is 19.3 Å². The van der Waals surface area contributed by atoms with Gasteiger partial charge in [-0.25, -0.2) is 0 Å². The third-order valence-corrected chi connectivity index (χ3v) is 3.69. The molecule has 0 aromatic carbocycles. The third kappa shape index (κ3) is 2.70. The van der Waals surface area contributed by atoms with Gasteiger partial charge in [-0.1, -0.05) is 27.2 Å². The standard InChI is InChI=1S/C12H24O/c1-8(2)11-6-5-9(3)7-12(11)10(4)13/h8-13H,5-7H2,1-4H3/t9-,10+,11+,12+/m1/s1. The Hall–Kier alpha value is -0.0400.